The number of imidazole rings is 1. The van der Waals surface area contributed by atoms with Crippen LogP contribution in [0.2, 0.25) is 0 Å². The predicted octanol–water partition coefficient (Wildman–Crippen LogP) is 2.41. The second-order valence-electron chi connectivity index (χ2n) is 6.21. The number of amides is 1. The van der Waals surface area contributed by atoms with Crippen molar-refractivity contribution >= 4 is 17.5 Å². The molecule has 2 heterocycles. The van der Waals surface area contributed by atoms with Gasteiger partial charge in [-0.15, -0.1) is 0 Å². The summed E-state index contributed by atoms with van der Waals surface area (Å²) in [7, 11) is 1.57. The van der Waals surface area contributed by atoms with Gasteiger partial charge in [-0.3, -0.25) is 14.0 Å². The van der Waals surface area contributed by atoms with E-state index in [4.69, 9.17) is 4.74 Å². The smallest absolute Gasteiger partial charge is 0.306 e. The zero-order chi connectivity index (χ0) is 19.2. The normalized spacial score (nSPS) is 11.9. The number of carbonyl (C=O) groups is 2. The molecule has 0 aliphatic rings. The second-order valence-corrected chi connectivity index (χ2v) is 6.21. The highest BCUT2D eigenvalue weighted by Gasteiger charge is 2.19. The maximum Gasteiger partial charge on any atom is 0.306 e. The van der Waals surface area contributed by atoms with Crippen LogP contribution in [0.1, 0.15) is 22.5 Å². The van der Waals surface area contributed by atoms with Crippen molar-refractivity contribution in [2.75, 3.05) is 13.7 Å². The Balaban J connectivity index is 1.60. The molecule has 27 heavy (non-hydrogen) atoms. The van der Waals surface area contributed by atoms with Crippen LogP contribution in [0.3, 0.4) is 0 Å². The van der Waals surface area contributed by atoms with E-state index >= 15 is 0 Å². The number of hydrogen-bond acceptors (Lipinski definition) is 4. The minimum absolute atomic E-state index is 0.270. The van der Waals surface area contributed by atoms with Gasteiger partial charge in [0.2, 0.25) is 0 Å². The lowest BCUT2D eigenvalue weighted by Gasteiger charge is -2.13. The molecule has 0 bridgehead atoms. The molecule has 0 fully saturated rings. The van der Waals surface area contributed by atoms with E-state index in [-0.39, 0.29) is 12.5 Å². The Morgan fingerprint density at radius 1 is 1.26 bits per heavy atom. The summed E-state index contributed by atoms with van der Waals surface area (Å²) in [6, 6.07) is 12.9. The molecule has 140 valence electrons. The van der Waals surface area contributed by atoms with Crippen molar-refractivity contribution in [1.82, 2.24) is 14.7 Å². The van der Waals surface area contributed by atoms with Crippen LogP contribution in [-0.2, 0) is 11.2 Å². The maximum atomic E-state index is 12.4. The minimum Gasteiger partial charge on any atom is -0.497 e. The average molecular weight is 367 g/mol. The van der Waals surface area contributed by atoms with Crippen LogP contribution in [0.15, 0.2) is 54.9 Å². The number of benzene rings is 1. The van der Waals surface area contributed by atoms with Gasteiger partial charge in [0.15, 0.2) is 0 Å². The van der Waals surface area contributed by atoms with E-state index in [0.717, 1.165) is 5.56 Å². The number of ether oxygens (including phenoxy) is 1. The average Bonchev–Trinajstić information content (AvgIpc) is 3.11. The summed E-state index contributed by atoms with van der Waals surface area (Å²) in [5.41, 5.74) is 1.96. The standard InChI is InChI=1S/C20H21N3O4/c1-27-16-8-10-23-17(13-22-18(23)12-16)19(24)21-9-7-15(20(25)26)11-14-5-3-2-4-6-14/h2-6,8,10,12-13,15H,7,9,11H2,1H3,(H,21,24)(H,25,26). The van der Waals surface area contributed by atoms with Crippen molar-refractivity contribution in [2.45, 2.75) is 12.8 Å². The molecule has 0 spiro atoms. The van der Waals surface area contributed by atoms with Gasteiger partial charge in [-0.05, 0) is 24.5 Å². The number of rotatable bonds is 8. The van der Waals surface area contributed by atoms with Crippen molar-refractivity contribution in [2.24, 2.45) is 5.92 Å². The van der Waals surface area contributed by atoms with Gasteiger partial charge in [0, 0.05) is 18.8 Å². The molecule has 1 aromatic carbocycles. The molecule has 0 aliphatic carbocycles. The van der Waals surface area contributed by atoms with E-state index in [2.05, 4.69) is 10.3 Å². The van der Waals surface area contributed by atoms with Crippen LogP contribution in [-0.4, -0.2) is 40.0 Å². The molecule has 3 rings (SSSR count). The first kappa shape index (κ1) is 18.4. The number of carboxylic acid groups (broad SMARTS) is 1. The highest BCUT2D eigenvalue weighted by atomic mass is 16.5. The van der Waals surface area contributed by atoms with Crippen LogP contribution >= 0.6 is 0 Å². The Morgan fingerprint density at radius 2 is 2.04 bits per heavy atom. The number of carbonyl (C=O) groups excluding carboxylic acids is 1. The van der Waals surface area contributed by atoms with Gasteiger partial charge in [0.1, 0.15) is 17.1 Å². The fourth-order valence-electron chi connectivity index (χ4n) is 2.92. The third kappa shape index (κ3) is 4.44. The van der Waals surface area contributed by atoms with E-state index in [9.17, 15) is 14.7 Å². The highest BCUT2D eigenvalue weighted by molar-refractivity contribution is 5.93. The van der Waals surface area contributed by atoms with E-state index in [0.29, 0.717) is 29.9 Å². The predicted molar refractivity (Wildman–Crippen MR) is 100.0 cm³/mol. The first-order valence-corrected chi connectivity index (χ1v) is 8.64. The Bertz CT molecular complexity index is 937. The molecule has 0 radical (unpaired) electrons. The molecular formula is C20H21N3O4. The minimum atomic E-state index is -0.866. The van der Waals surface area contributed by atoms with E-state index in [1.54, 1.807) is 29.8 Å². The highest BCUT2D eigenvalue weighted by Crippen LogP contribution is 2.15. The molecule has 7 heteroatoms. The molecule has 1 amide bonds. The lowest BCUT2D eigenvalue weighted by atomic mass is 9.96. The molecule has 2 aromatic heterocycles. The number of fused-ring (bicyclic) bond motifs is 1. The van der Waals surface area contributed by atoms with Gasteiger partial charge in [-0.1, -0.05) is 30.3 Å². The van der Waals surface area contributed by atoms with Gasteiger partial charge < -0.3 is 15.2 Å². The van der Waals surface area contributed by atoms with Crippen LogP contribution in [0.25, 0.3) is 5.65 Å². The lowest BCUT2D eigenvalue weighted by molar-refractivity contribution is -0.141. The number of hydrogen-bond donors (Lipinski definition) is 2. The molecule has 0 aliphatic heterocycles. The van der Waals surface area contributed by atoms with Crippen LogP contribution in [0.5, 0.6) is 5.75 Å². The molecule has 1 atom stereocenters. The summed E-state index contributed by atoms with van der Waals surface area (Å²) in [6.45, 7) is 0.270. The second kappa shape index (κ2) is 8.35. The monoisotopic (exact) mass is 367 g/mol. The number of aromatic nitrogens is 2. The number of carboxylic acids is 1. The number of aliphatic carboxylic acids is 1. The van der Waals surface area contributed by atoms with Crippen LogP contribution in [0, 0.1) is 5.92 Å². The van der Waals surface area contributed by atoms with Crippen LogP contribution in [0.4, 0.5) is 0 Å². The van der Waals surface area contributed by atoms with Gasteiger partial charge in [0.25, 0.3) is 5.91 Å². The number of pyridine rings is 1. The van der Waals surface area contributed by atoms with E-state index in [1.807, 2.05) is 30.3 Å². The van der Waals surface area contributed by atoms with Crippen molar-refractivity contribution < 1.29 is 19.4 Å². The van der Waals surface area contributed by atoms with Crippen molar-refractivity contribution in [1.29, 1.82) is 0 Å². The third-order valence-corrected chi connectivity index (χ3v) is 4.41. The fourth-order valence-corrected chi connectivity index (χ4v) is 2.92. The molecule has 0 saturated heterocycles. The first-order valence-electron chi connectivity index (χ1n) is 8.64. The van der Waals surface area contributed by atoms with Gasteiger partial charge in [-0.25, -0.2) is 4.98 Å². The van der Waals surface area contributed by atoms with E-state index < -0.39 is 11.9 Å². The molecule has 1 unspecified atom stereocenters. The Kier molecular flexibility index (Phi) is 5.71. The van der Waals surface area contributed by atoms with Crippen LogP contribution < -0.4 is 10.1 Å². The summed E-state index contributed by atoms with van der Waals surface area (Å²) >= 11 is 0. The number of nitrogens with zero attached hydrogens (tertiary/aromatic N) is 2. The fraction of sp³-hybridized carbons (Fsp3) is 0.250. The third-order valence-electron chi connectivity index (χ3n) is 4.41. The van der Waals surface area contributed by atoms with Gasteiger partial charge in [0.05, 0.1) is 19.2 Å². The number of nitrogens with one attached hydrogen (secondary N) is 1. The summed E-state index contributed by atoms with van der Waals surface area (Å²) < 4.78 is 6.81. The van der Waals surface area contributed by atoms with Gasteiger partial charge >= 0.3 is 5.97 Å². The summed E-state index contributed by atoms with van der Waals surface area (Å²) in [6.07, 6.45) is 3.98. The lowest BCUT2D eigenvalue weighted by Crippen LogP contribution is -2.29. The van der Waals surface area contributed by atoms with Crippen molar-refractivity contribution in [3.63, 3.8) is 0 Å². The largest absolute Gasteiger partial charge is 0.497 e. The number of methoxy groups -OCH3 is 1. The Hall–Kier alpha value is -3.35. The summed E-state index contributed by atoms with van der Waals surface area (Å²) in [4.78, 5) is 28.1. The van der Waals surface area contributed by atoms with Crippen molar-refractivity contribution in [3.8, 4) is 5.75 Å². The molecule has 3 aromatic rings. The summed E-state index contributed by atoms with van der Waals surface area (Å²) in [5.74, 6) is -1.06. The topological polar surface area (TPSA) is 92.9 Å². The molecular weight excluding hydrogens is 346 g/mol. The molecule has 0 saturated carbocycles. The quantitative estimate of drug-likeness (QED) is 0.638. The first-order chi connectivity index (χ1) is 13.1. The van der Waals surface area contributed by atoms with E-state index in [1.165, 1.54) is 6.20 Å². The van der Waals surface area contributed by atoms with Crippen molar-refractivity contribution in [3.05, 3.63) is 66.1 Å². The molecule has 7 nitrogen and oxygen atoms in total. The Labute approximate surface area is 156 Å². The zero-order valence-electron chi connectivity index (χ0n) is 15.0. The summed E-state index contributed by atoms with van der Waals surface area (Å²) in [5, 5.41) is 12.2. The Morgan fingerprint density at radius 3 is 2.74 bits per heavy atom. The SMILES string of the molecule is COc1ccn2c(C(=O)NCCC(Cc3ccccc3)C(=O)O)cnc2c1. The maximum absolute atomic E-state index is 12.4. The van der Waals surface area contributed by atoms with Gasteiger partial charge in [-0.2, -0.15) is 0 Å². The molecule has 2 N–H and O–H groups in total. The zero-order valence-corrected chi connectivity index (χ0v) is 15.0.